The highest BCUT2D eigenvalue weighted by Gasteiger charge is 2.30. The smallest absolute Gasteiger partial charge is 0.312 e. The molecule has 0 bridgehead atoms. The lowest BCUT2D eigenvalue weighted by Crippen LogP contribution is -2.20. The molecule has 2 heterocycles. The monoisotopic (exact) mass is 225 g/mol. The van der Waals surface area contributed by atoms with E-state index >= 15 is 0 Å². The van der Waals surface area contributed by atoms with Crippen LogP contribution in [0.1, 0.15) is 31.6 Å². The minimum Gasteiger partial charge on any atom is -0.372 e. The Hall–Kier alpha value is -1.43. The molecule has 1 aliphatic rings. The minimum absolute atomic E-state index is 0.0570. The summed E-state index contributed by atoms with van der Waals surface area (Å²) in [6.45, 7) is 2.80. The fraction of sp³-hybridized carbons (Fsp3) is 0.700. The second kappa shape index (κ2) is 4.21. The molecule has 0 unspecified atom stereocenters. The SMILES string of the molecule is C[C@H]1CCO[C@@H](c2c([N+](=O)[O-])cnn2C)C1. The van der Waals surface area contributed by atoms with Gasteiger partial charge in [0.25, 0.3) is 0 Å². The van der Waals surface area contributed by atoms with Gasteiger partial charge in [0.2, 0.25) is 0 Å². The molecule has 0 aromatic carbocycles. The largest absolute Gasteiger partial charge is 0.372 e. The molecule has 2 rings (SSSR count). The van der Waals surface area contributed by atoms with Gasteiger partial charge in [0.15, 0.2) is 0 Å². The van der Waals surface area contributed by atoms with Crippen LogP contribution in [0.5, 0.6) is 0 Å². The first kappa shape index (κ1) is 11.1. The van der Waals surface area contributed by atoms with Crippen molar-refractivity contribution in [3.8, 4) is 0 Å². The van der Waals surface area contributed by atoms with Gasteiger partial charge in [-0.2, -0.15) is 5.10 Å². The predicted octanol–water partition coefficient (Wildman–Crippen LogP) is 1.82. The van der Waals surface area contributed by atoms with Crippen molar-refractivity contribution >= 4 is 5.69 Å². The maximum absolute atomic E-state index is 10.9. The van der Waals surface area contributed by atoms with Crippen molar-refractivity contribution < 1.29 is 9.66 Å². The number of hydrogen-bond donors (Lipinski definition) is 0. The van der Waals surface area contributed by atoms with Crippen LogP contribution in [0, 0.1) is 16.0 Å². The van der Waals surface area contributed by atoms with Crippen LogP contribution in [-0.4, -0.2) is 21.3 Å². The van der Waals surface area contributed by atoms with Crippen LogP contribution in [0.25, 0.3) is 0 Å². The van der Waals surface area contributed by atoms with Gasteiger partial charge in [-0.1, -0.05) is 6.92 Å². The fourth-order valence-electron chi connectivity index (χ4n) is 2.10. The Bertz CT molecular complexity index is 402. The van der Waals surface area contributed by atoms with Crippen molar-refractivity contribution in [2.24, 2.45) is 13.0 Å². The first-order chi connectivity index (χ1) is 7.59. The molecule has 1 fully saturated rings. The highest BCUT2D eigenvalue weighted by molar-refractivity contribution is 5.34. The molecule has 1 saturated heterocycles. The third-order valence-corrected chi connectivity index (χ3v) is 3.01. The highest BCUT2D eigenvalue weighted by Crippen LogP contribution is 2.35. The first-order valence-corrected chi connectivity index (χ1v) is 5.37. The van der Waals surface area contributed by atoms with Gasteiger partial charge >= 0.3 is 5.69 Å². The van der Waals surface area contributed by atoms with E-state index in [2.05, 4.69) is 12.0 Å². The Morgan fingerprint density at radius 2 is 2.44 bits per heavy atom. The van der Waals surface area contributed by atoms with Crippen molar-refractivity contribution in [1.82, 2.24) is 9.78 Å². The van der Waals surface area contributed by atoms with E-state index < -0.39 is 4.92 Å². The van der Waals surface area contributed by atoms with Crippen molar-refractivity contribution in [2.45, 2.75) is 25.9 Å². The number of nitrogens with zero attached hydrogens (tertiary/aromatic N) is 3. The lowest BCUT2D eigenvalue weighted by Gasteiger charge is -2.26. The van der Waals surface area contributed by atoms with Gasteiger partial charge < -0.3 is 4.74 Å². The van der Waals surface area contributed by atoms with Crippen LogP contribution in [0.2, 0.25) is 0 Å². The molecule has 16 heavy (non-hydrogen) atoms. The summed E-state index contributed by atoms with van der Waals surface area (Å²) in [7, 11) is 1.71. The zero-order valence-electron chi connectivity index (χ0n) is 9.42. The van der Waals surface area contributed by atoms with Gasteiger partial charge in [-0.25, -0.2) is 0 Å². The summed E-state index contributed by atoms with van der Waals surface area (Å²) in [5.41, 5.74) is 0.637. The average molecular weight is 225 g/mol. The molecule has 0 aliphatic carbocycles. The number of nitro groups is 1. The van der Waals surface area contributed by atoms with Crippen LogP contribution in [-0.2, 0) is 11.8 Å². The molecule has 1 aliphatic heterocycles. The van der Waals surface area contributed by atoms with Gasteiger partial charge in [-0.15, -0.1) is 0 Å². The Morgan fingerprint density at radius 3 is 3.06 bits per heavy atom. The Balaban J connectivity index is 2.31. The molecule has 1 aromatic heterocycles. The van der Waals surface area contributed by atoms with Gasteiger partial charge in [-0.05, 0) is 18.8 Å². The molecule has 1 aromatic rings. The summed E-state index contributed by atoms with van der Waals surface area (Å²) in [6.07, 6.45) is 2.93. The van der Waals surface area contributed by atoms with E-state index in [0.29, 0.717) is 18.2 Å². The first-order valence-electron chi connectivity index (χ1n) is 5.37. The van der Waals surface area contributed by atoms with E-state index in [0.717, 1.165) is 12.8 Å². The van der Waals surface area contributed by atoms with E-state index in [-0.39, 0.29) is 11.8 Å². The molecular formula is C10H15N3O3. The second-order valence-corrected chi connectivity index (χ2v) is 4.28. The van der Waals surface area contributed by atoms with Crippen molar-refractivity contribution in [3.05, 3.63) is 22.0 Å². The molecule has 0 amide bonds. The standard InChI is InChI=1S/C10H15N3O3/c1-7-3-4-16-9(5-7)10-8(13(14)15)6-11-12(10)2/h6-7,9H,3-5H2,1-2H3/t7-,9+/m0/s1. The van der Waals surface area contributed by atoms with E-state index in [1.807, 2.05) is 0 Å². The molecule has 6 heteroatoms. The van der Waals surface area contributed by atoms with E-state index in [1.165, 1.54) is 6.20 Å². The summed E-state index contributed by atoms with van der Waals surface area (Å²) in [5, 5.41) is 14.8. The summed E-state index contributed by atoms with van der Waals surface area (Å²) < 4.78 is 7.14. The number of aromatic nitrogens is 2. The number of rotatable bonds is 2. The maximum atomic E-state index is 10.9. The molecular weight excluding hydrogens is 210 g/mol. The van der Waals surface area contributed by atoms with Crippen molar-refractivity contribution in [2.75, 3.05) is 6.61 Å². The van der Waals surface area contributed by atoms with Crippen LogP contribution in [0.15, 0.2) is 6.20 Å². The summed E-state index contributed by atoms with van der Waals surface area (Å²) in [4.78, 5) is 10.5. The zero-order valence-corrected chi connectivity index (χ0v) is 9.42. The van der Waals surface area contributed by atoms with Crippen LogP contribution in [0.3, 0.4) is 0 Å². The molecule has 2 atom stereocenters. The minimum atomic E-state index is -0.398. The zero-order chi connectivity index (χ0) is 11.7. The molecule has 0 saturated carbocycles. The fourth-order valence-corrected chi connectivity index (χ4v) is 2.10. The molecule has 0 N–H and O–H groups in total. The predicted molar refractivity (Wildman–Crippen MR) is 57.0 cm³/mol. The van der Waals surface area contributed by atoms with E-state index in [9.17, 15) is 10.1 Å². The summed E-state index contributed by atoms with van der Waals surface area (Å²) in [5.74, 6) is 0.535. The van der Waals surface area contributed by atoms with Gasteiger partial charge in [0.1, 0.15) is 18.0 Å². The summed E-state index contributed by atoms with van der Waals surface area (Å²) in [6, 6.07) is 0. The number of ether oxygens (including phenoxy) is 1. The molecule has 88 valence electrons. The van der Waals surface area contributed by atoms with E-state index in [4.69, 9.17) is 4.74 Å². The topological polar surface area (TPSA) is 70.2 Å². The van der Waals surface area contributed by atoms with Crippen LogP contribution in [0.4, 0.5) is 5.69 Å². The molecule has 0 spiro atoms. The average Bonchev–Trinajstić information content (AvgIpc) is 2.60. The summed E-state index contributed by atoms with van der Waals surface area (Å²) >= 11 is 0. The van der Waals surface area contributed by atoms with Crippen LogP contribution < -0.4 is 0 Å². The Morgan fingerprint density at radius 1 is 1.69 bits per heavy atom. The quantitative estimate of drug-likeness (QED) is 0.568. The van der Waals surface area contributed by atoms with Crippen LogP contribution >= 0.6 is 0 Å². The van der Waals surface area contributed by atoms with E-state index in [1.54, 1.807) is 11.7 Å². The maximum Gasteiger partial charge on any atom is 0.312 e. The molecule has 0 radical (unpaired) electrons. The third-order valence-electron chi connectivity index (χ3n) is 3.01. The molecule has 6 nitrogen and oxygen atoms in total. The Kier molecular flexibility index (Phi) is 2.91. The third kappa shape index (κ3) is 1.92. The van der Waals surface area contributed by atoms with Crippen molar-refractivity contribution in [1.29, 1.82) is 0 Å². The second-order valence-electron chi connectivity index (χ2n) is 4.28. The van der Waals surface area contributed by atoms with Crippen molar-refractivity contribution in [3.63, 3.8) is 0 Å². The lowest BCUT2D eigenvalue weighted by molar-refractivity contribution is -0.386. The normalized spacial score (nSPS) is 25.6. The number of hydrogen-bond acceptors (Lipinski definition) is 4. The number of aryl methyl sites for hydroxylation is 1. The van der Waals surface area contributed by atoms with Gasteiger partial charge in [0.05, 0.1) is 4.92 Å². The highest BCUT2D eigenvalue weighted by atomic mass is 16.6. The lowest BCUT2D eigenvalue weighted by atomic mass is 9.95. The van der Waals surface area contributed by atoms with Gasteiger partial charge in [0, 0.05) is 13.7 Å². The Labute approximate surface area is 93.4 Å². The van der Waals surface area contributed by atoms with Gasteiger partial charge in [-0.3, -0.25) is 14.8 Å².